The van der Waals surface area contributed by atoms with E-state index in [1.807, 2.05) is 64.2 Å². The standard InChI is InChI=1S/C31H35N5O3/c37-29(25-11-15-32-19-27(25)24-9-5-2-6-10-24)34-17-13-31(39,14-18-34)21-36-22-33-28-26(30(36)38)12-16-35(28)20-23-7-3-1-4-8-23/h1-10,12,16,22,25,27,32,39H,11,13-15,17-21H2/t25-,27+/m1/s1. The molecule has 202 valence electrons. The number of amides is 1. The van der Waals surface area contributed by atoms with Crippen LogP contribution in [0.4, 0.5) is 0 Å². The van der Waals surface area contributed by atoms with Gasteiger partial charge in [-0.15, -0.1) is 0 Å². The fourth-order valence-corrected chi connectivity index (χ4v) is 6.18. The van der Waals surface area contributed by atoms with Gasteiger partial charge in [-0.05, 0) is 43.0 Å². The summed E-state index contributed by atoms with van der Waals surface area (Å²) >= 11 is 0. The van der Waals surface area contributed by atoms with Gasteiger partial charge in [0.25, 0.3) is 5.56 Å². The predicted octanol–water partition coefficient (Wildman–Crippen LogP) is 2.99. The average Bonchev–Trinajstić information content (AvgIpc) is 3.39. The van der Waals surface area contributed by atoms with Gasteiger partial charge in [-0.3, -0.25) is 14.2 Å². The molecule has 0 spiro atoms. The van der Waals surface area contributed by atoms with Crippen LogP contribution in [-0.2, 0) is 17.9 Å². The third kappa shape index (κ3) is 5.27. The van der Waals surface area contributed by atoms with Crippen LogP contribution < -0.4 is 10.9 Å². The van der Waals surface area contributed by atoms with Crippen molar-refractivity contribution in [3.63, 3.8) is 0 Å². The maximum atomic E-state index is 13.6. The smallest absolute Gasteiger partial charge is 0.262 e. The summed E-state index contributed by atoms with van der Waals surface area (Å²) in [5.74, 6) is 0.264. The highest BCUT2D eigenvalue weighted by Gasteiger charge is 2.39. The number of nitrogens with one attached hydrogen (secondary N) is 1. The minimum Gasteiger partial charge on any atom is -0.388 e. The Morgan fingerprint density at radius 1 is 1.00 bits per heavy atom. The van der Waals surface area contributed by atoms with Crippen LogP contribution in [0.1, 0.15) is 36.3 Å². The molecule has 4 heterocycles. The van der Waals surface area contributed by atoms with Crippen LogP contribution in [0.25, 0.3) is 11.0 Å². The number of hydrogen-bond donors (Lipinski definition) is 2. The van der Waals surface area contributed by atoms with Crippen molar-refractivity contribution in [3.8, 4) is 0 Å². The molecule has 0 radical (unpaired) electrons. The topological polar surface area (TPSA) is 92.4 Å². The fraction of sp³-hybridized carbons (Fsp3) is 0.387. The van der Waals surface area contributed by atoms with E-state index >= 15 is 0 Å². The van der Waals surface area contributed by atoms with Gasteiger partial charge in [-0.2, -0.15) is 0 Å². The second-order valence-corrected chi connectivity index (χ2v) is 11.0. The lowest BCUT2D eigenvalue weighted by Crippen LogP contribution is -2.52. The molecule has 2 saturated heterocycles. The number of fused-ring (bicyclic) bond motifs is 1. The van der Waals surface area contributed by atoms with Crippen LogP contribution in [-0.4, -0.2) is 61.8 Å². The monoisotopic (exact) mass is 525 g/mol. The SMILES string of the molecule is O=C([C@@H]1CCNC[C@H]1c1ccccc1)N1CCC(O)(Cn2cnc3c(ccn3Cc3ccccc3)c2=O)CC1. The minimum absolute atomic E-state index is 0.0611. The molecule has 2 N–H and O–H groups in total. The molecule has 39 heavy (non-hydrogen) atoms. The molecule has 8 nitrogen and oxygen atoms in total. The highest BCUT2D eigenvalue weighted by Crippen LogP contribution is 2.33. The van der Waals surface area contributed by atoms with Gasteiger partial charge >= 0.3 is 0 Å². The number of aliphatic hydroxyl groups is 1. The summed E-state index contributed by atoms with van der Waals surface area (Å²) < 4.78 is 3.49. The van der Waals surface area contributed by atoms with Crippen LogP contribution in [0.3, 0.4) is 0 Å². The van der Waals surface area contributed by atoms with Gasteiger partial charge in [-0.25, -0.2) is 4.98 Å². The molecule has 0 bridgehead atoms. The van der Waals surface area contributed by atoms with Crippen LogP contribution in [0, 0.1) is 5.92 Å². The maximum absolute atomic E-state index is 13.6. The van der Waals surface area contributed by atoms with E-state index in [-0.39, 0.29) is 29.8 Å². The summed E-state index contributed by atoms with van der Waals surface area (Å²) in [6.45, 7) is 3.40. The lowest BCUT2D eigenvalue weighted by atomic mass is 9.80. The first-order chi connectivity index (χ1) is 19.0. The number of hydrogen-bond acceptors (Lipinski definition) is 5. The fourth-order valence-electron chi connectivity index (χ4n) is 6.18. The average molecular weight is 526 g/mol. The lowest BCUT2D eigenvalue weighted by Gasteiger charge is -2.41. The van der Waals surface area contributed by atoms with Crippen LogP contribution in [0.5, 0.6) is 0 Å². The molecule has 8 heteroatoms. The summed E-state index contributed by atoms with van der Waals surface area (Å²) in [6, 6.07) is 22.1. The molecule has 4 aromatic rings. The van der Waals surface area contributed by atoms with Crippen molar-refractivity contribution in [1.29, 1.82) is 0 Å². The Kier molecular flexibility index (Phi) is 7.06. The van der Waals surface area contributed by atoms with E-state index in [9.17, 15) is 14.7 Å². The van der Waals surface area contributed by atoms with E-state index in [1.54, 1.807) is 12.4 Å². The molecule has 2 fully saturated rings. The molecule has 2 aliphatic heterocycles. The van der Waals surface area contributed by atoms with Gasteiger partial charge in [0.05, 0.1) is 17.5 Å². The summed E-state index contributed by atoms with van der Waals surface area (Å²) in [5.41, 5.74) is 1.75. The highest BCUT2D eigenvalue weighted by atomic mass is 16.3. The Bertz CT molecular complexity index is 1490. The Balaban J connectivity index is 1.12. The van der Waals surface area contributed by atoms with E-state index in [1.165, 1.54) is 10.1 Å². The zero-order valence-corrected chi connectivity index (χ0v) is 22.1. The van der Waals surface area contributed by atoms with E-state index in [0.717, 1.165) is 25.1 Å². The second kappa shape index (κ2) is 10.8. The summed E-state index contributed by atoms with van der Waals surface area (Å²) in [6.07, 6.45) is 5.10. The van der Waals surface area contributed by atoms with Crippen molar-refractivity contribution in [3.05, 3.63) is 101 Å². The van der Waals surface area contributed by atoms with Crippen LogP contribution >= 0.6 is 0 Å². The van der Waals surface area contributed by atoms with E-state index < -0.39 is 5.60 Å². The second-order valence-electron chi connectivity index (χ2n) is 11.0. The van der Waals surface area contributed by atoms with Gasteiger partial charge in [0.1, 0.15) is 12.0 Å². The van der Waals surface area contributed by atoms with Gasteiger partial charge in [0.15, 0.2) is 0 Å². The number of benzene rings is 2. The Morgan fingerprint density at radius 3 is 2.46 bits per heavy atom. The van der Waals surface area contributed by atoms with Gasteiger partial charge in [0, 0.05) is 44.2 Å². The molecule has 2 aliphatic rings. The maximum Gasteiger partial charge on any atom is 0.262 e. The molecular weight excluding hydrogens is 490 g/mol. The normalized spacial score (nSPS) is 21.2. The number of aromatic nitrogens is 3. The minimum atomic E-state index is -1.06. The van der Waals surface area contributed by atoms with Gasteiger partial charge in [-0.1, -0.05) is 60.7 Å². The van der Waals surface area contributed by atoms with E-state index in [4.69, 9.17) is 0 Å². The molecular formula is C31H35N5O3. The van der Waals surface area contributed by atoms with Crippen molar-refractivity contribution in [2.75, 3.05) is 26.2 Å². The molecule has 2 atom stereocenters. The number of nitrogens with zero attached hydrogens (tertiary/aromatic N) is 4. The first-order valence-corrected chi connectivity index (χ1v) is 13.9. The molecule has 2 aromatic heterocycles. The van der Waals surface area contributed by atoms with Crippen molar-refractivity contribution in [1.82, 2.24) is 24.3 Å². The molecule has 0 saturated carbocycles. The molecule has 0 aliphatic carbocycles. The van der Waals surface area contributed by atoms with Crippen molar-refractivity contribution < 1.29 is 9.90 Å². The zero-order valence-electron chi connectivity index (χ0n) is 22.1. The third-order valence-electron chi connectivity index (χ3n) is 8.44. The number of piperidine rings is 2. The molecule has 1 amide bonds. The first kappa shape index (κ1) is 25.5. The molecule has 0 unspecified atom stereocenters. The summed E-state index contributed by atoms with van der Waals surface area (Å²) in [7, 11) is 0. The predicted molar refractivity (Wildman–Crippen MR) is 150 cm³/mol. The van der Waals surface area contributed by atoms with Gasteiger partial charge < -0.3 is 19.9 Å². The highest BCUT2D eigenvalue weighted by molar-refractivity contribution is 5.80. The third-order valence-corrected chi connectivity index (χ3v) is 8.44. The number of likely N-dealkylation sites (tertiary alicyclic amines) is 1. The zero-order chi connectivity index (χ0) is 26.8. The molecule has 2 aromatic carbocycles. The van der Waals surface area contributed by atoms with Crippen molar-refractivity contribution >= 4 is 16.9 Å². The number of carbonyl (C=O) groups excluding carboxylic acids is 1. The van der Waals surface area contributed by atoms with Crippen molar-refractivity contribution in [2.45, 2.75) is 43.9 Å². The van der Waals surface area contributed by atoms with Crippen molar-refractivity contribution in [2.24, 2.45) is 5.92 Å². The summed E-state index contributed by atoms with van der Waals surface area (Å²) in [5, 5.41) is 15.4. The lowest BCUT2D eigenvalue weighted by molar-refractivity contribution is -0.141. The Morgan fingerprint density at radius 2 is 1.72 bits per heavy atom. The Labute approximate surface area is 227 Å². The largest absolute Gasteiger partial charge is 0.388 e. The number of carbonyl (C=O) groups is 1. The molecule has 6 rings (SSSR count). The number of rotatable bonds is 6. The van der Waals surface area contributed by atoms with Crippen LogP contribution in [0.15, 0.2) is 84.0 Å². The first-order valence-electron chi connectivity index (χ1n) is 13.9. The van der Waals surface area contributed by atoms with E-state index in [2.05, 4.69) is 22.4 Å². The quantitative estimate of drug-likeness (QED) is 0.404. The summed E-state index contributed by atoms with van der Waals surface area (Å²) in [4.78, 5) is 33.4. The van der Waals surface area contributed by atoms with Gasteiger partial charge in [0.2, 0.25) is 5.91 Å². The Hall–Kier alpha value is -3.75. The van der Waals surface area contributed by atoms with E-state index in [0.29, 0.717) is 43.5 Å². The van der Waals surface area contributed by atoms with Crippen LogP contribution in [0.2, 0.25) is 0 Å².